The number of benzene rings is 1. The van der Waals surface area contributed by atoms with Crippen molar-refractivity contribution in [2.24, 2.45) is 5.73 Å². The van der Waals surface area contributed by atoms with Gasteiger partial charge in [-0.2, -0.15) is 4.98 Å². The number of nitrogens with two attached hydrogens (primary N) is 1. The molecule has 4 rings (SSSR count). The molecule has 1 aromatic carbocycles. The first-order valence-electron chi connectivity index (χ1n) is 8.29. The van der Waals surface area contributed by atoms with Gasteiger partial charge in [0.25, 0.3) is 5.89 Å². The first kappa shape index (κ1) is 17.7. The van der Waals surface area contributed by atoms with E-state index < -0.39 is 5.54 Å². The first-order valence-corrected chi connectivity index (χ1v) is 8.29. The Balaban J connectivity index is 0.00000182. The molecule has 0 radical (unpaired) electrons. The van der Waals surface area contributed by atoms with Crippen LogP contribution in [0, 0.1) is 0 Å². The van der Waals surface area contributed by atoms with E-state index in [0.29, 0.717) is 11.7 Å². The van der Waals surface area contributed by atoms with Crippen molar-refractivity contribution in [1.82, 2.24) is 10.1 Å². The number of fused-ring (bicyclic) bond motifs is 1. The Morgan fingerprint density at radius 3 is 2.80 bits per heavy atom. The molecule has 2 aliphatic rings. The molecule has 1 atom stereocenters. The quantitative estimate of drug-likeness (QED) is 0.851. The maximum absolute atomic E-state index is 12.0. The Labute approximate surface area is 152 Å². The second-order valence-electron chi connectivity index (χ2n) is 6.79. The summed E-state index contributed by atoms with van der Waals surface area (Å²) in [6.45, 7) is 1.87. The smallest absolute Gasteiger partial charge is 0.258 e. The number of carbonyl (C=O) groups is 1. The molecule has 1 aliphatic carbocycles. The Kier molecular flexibility index (Phi) is 4.47. The summed E-state index contributed by atoms with van der Waals surface area (Å²) in [5.41, 5.74) is 8.41. The lowest BCUT2D eigenvalue weighted by atomic mass is 9.98. The average molecular weight is 364 g/mol. The minimum absolute atomic E-state index is 0. The van der Waals surface area contributed by atoms with Crippen molar-refractivity contribution in [1.29, 1.82) is 0 Å². The molecule has 0 saturated heterocycles. The highest BCUT2D eigenvalue weighted by Crippen LogP contribution is 2.37. The third kappa shape index (κ3) is 2.87. The molecule has 2 heterocycles. The summed E-state index contributed by atoms with van der Waals surface area (Å²) in [5, 5.41) is 7.02. The lowest BCUT2D eigenvalue weighted by Crippen LogP contribution is -2.43. The number of nitrogens with zero attached hydrogens (tertiary/aromatic N) is 3. The molecule has 1 aromatic heterocycles. The summed E-state index contributed by atoms with van der Waals surface area (Å²) < 4.78 is 5.43. The van der Waals surface area contributed by atoms with Crippen LogP contribution in [-0.4, -0.2) is 29.1 Å². The summed E-state index contributed by atoms with van der Waals surface area (Å²) >= 11 is 0. The van der Waals surface area contributed by atoms with Crippen LogP contribution in [0.25, 0.3) is 11.5 Å². The lowest BCUT2D eigenvalue weighted by Gasteiger charge is -2.33. The number of amides is 1. The first-order chi connectivity index (χ1) is 11.5. The third-order valence-corrected chi connectivity index (χ3v) is 5.21. The molecule has 134 valence electrons. The summed E-state index contributed by atoms with van der Waals surface area (Å²) in [6, 6.07) is 5.55. The van der Waals surface area contributed by atoms with E-state index in [1.54, 1.807) is 0 Å². The van der Waals surface area contributed by atoms with Gasteiger partial charge in [0.15, 0.2) is 5.82 Å². The van der Waals surface area contributed by atoms with Gasteiger partial charge in [0, 0.05) is 12.6 Å². The zero-order valence-electron chi connectivity index (χ0n) is 14.3. The van der Waals surface area contributed by atoms with Gasteiger partial charge in [0.2, 0.25) is 5.91 Å². The van der Waals surface area contributed by atoms with Gasteiger partial charge in [-0.05, 0) is 38.0 Å². The monoisotopic (exact) mass is 363 g/mol. The maximum atomic E-state index is 12.0. The number of nitrogens with one attached hydrogen (secondary N) is 1. The van der Waals surface area contributed by atoms with Crippen LogP contribution in [-0.2, 0) is 10.3 Å². The van der Waals surface area contributed by atoms with Gasteiger partial charge in [-0.1, -0.05) is 18.0 Å². The zero-order valence-corrected chi connectivity index (χ0v) is 15.1. The molecule has 1 fully saturated rings. The Hall–Kier alpha value is -2.12. The molecule has 0 spiro atoms. The molecule has 1 amide bonds. The number of carbonyl (C=O) groups excluding carboxylic acids is 1. The number of hydrogen-bond donors (Lipinski definition) is 2. The predicted octanol–water partition coefficient (Wildman–Crippen LogP) is 2.66. The van der Waals surface area contributed by atoms with Crippen molar-refractivity contribution in [3.05, 3.63) is 24.0 Å². The molecule has 1 saturated carbocycles. The van der Waals surface area contributed by atoms with Gasteiger partial charge >= 0.3 is 0 Å². The second kappa shape index (κ2) is 6.31. The minimum atomic E-state index is -0.472. The summed E-state index contributed by atoms with van der Waals surface area (Å²) in [5.74, 6) is 0.975. The molecule has 25 heavy (non-hydrogen) atoms. The molecule has 1 aliphatic heterocycles. The topological polar surface area (TPSA) is 97.3 Å². The van der Waals surface area contributed by atoms with Crippen LogP contribution in [0.4, 0.5) is 11.4 Å². The number of likely N-dealkylation sites (N-methyl/N-ethyl adjacent to an activating group) is 1. The van der Waals surface area contributed by atoms with Crippen molar-refractivity contribution >= 4 is 29.7 Å². The van der Waals surface area contributed by atoms with E-state index in [4.69, 9.17) is 10.3 Å². The van der Waals surface area contributed by atoms with Gasteiger partial charge in [-0.3, -0.25) is 4.79 Å². The fraction of sp³-hybridized carbons (Fsp3) is 0.471. The Bertz CT molecular complexity index is 800. The maximum Gasteiger partial charge on any atom is 0.258 e. The van der Waals surface area contributed by atoms with Crippen LogP contribution in [0.3, 0.4) is 0 Å². The fourth-order valence-corrected chi connectivity index (χ4v) is 3.47. The molecule has 7 nitrogen and oxygen atoms in total. The normalized spacial score (nSPS) is 21.5. The van der Waals surface area contributed by atoms with E-state index in [2.05, 4.69) is 15.5 Å². The van der Waals surface area contributed by atoms with Crippen LogP contribution in [0.15, 0.2) is 22.7 Å². The van der Waals surface area contributed by atoms with Gasteiger partial charge in [0.05, 0.1) is 16.9 Å². The van der Waals surface area contributed by atoms with E-state index in [1.165, 1.54) is 0 Å². The molecular formula is C17H22ClN5O2. The van der Waals surface area contributed by atoms with Crippen LogP contribution in [0.1, 0.15) is 38.4 Å². The Morgan fingerprint density at radius 2 is 2.08 bits per heavy atom. The van der Waals surface area contributed by atoms with Crippen molar-refractivity contribution in [3.8, 4) is 11.5 Å². The van der Waals surface area contributed by atoms with Crippen molar-refractivity contribution in [2.45, 2.75) is 44.2 Å². The average Bonchev–Trinajstić information content (AvgIpc) is 3.22. The summed E-state index contributed by atoms with van der Waals surface area (Å²) in [4.78, 5) is 18.5. The minimum Gasteiger partial charge on any atom is -0.361 e. The molecular weight excluding hydrogens is 342 g/mol. The number of aromatic nitrogens is 2. The fourth-order valence-electron chi connectivity index (χ4n) is 3.47. The van der Waals surface area contributed by atoms with Crippen molar-refractivity contribution in [3.63, 3.8) is 0 Å². The number of rotatable bonds is 2. The predicted molar refractivity (Wildman–Crippen MR) is 97.8 cm³/mol. The molecule has 1 unspecified atom stereocenters. The number of halogens is 1. The molecule has 0 bridgehead atoms. The molecule has 2 aromatic rings. The van der Waals surface area contributed by atoms with Crippen molar-refractivity contribution in [2.75, 3.05) is 17.3 Å². The van der Waals surface area contributed by atoms with Crippen LogP contribution in [0.5, 0.6) is 0 Å². The Morgan fingerprint density at radius 1 is 1.36 bits per heavy atom. The molecule has 8 heteroatoms. The van der Waals surface area contributed by atoms with Gasteiger partial charge < -0.3 is 20.5 Å². The van der Waals surface area contributed by atoms with Gasteiger partial charge in [-0.15, -0.1) is 12.4 Å². The van der Waals surface area contributed by atoms with E-state index in [1.807, 2.05) is 37.1 Å². The largest absolute Gasteiger partial charge is 0.361 e. The second-order valence-corrected chi connectivity index (χ2v) is 6.79. The van der Waals surface area contributed by atoms with Crippen LogP contribution < -0.4 is 16.0 Å². The lowest BCUT2D eigenvalue weighted by molar-refractivity contribution is -0.117. The van der Waals surface area contributed by atoms with Crippen LogP contribution in [0.2, 0.25) is 0 Å². The highest BCUT2D eigenvalue weighted by molar-refractivity contribution is 6.03. The van der Waals surface area contributed by atoms with Gasteiger partial charge in [0.1, 0.15) is 6.04 Å². The van der Waals surface area contributed by atoms with Crippen LogP contribution >= 0.6 is 12.4 Å². The van der Waals surface area contributed by atoms with Gasteiger partial charge in [-0.25, -0.2) is 0 Å². The number of anilines is 2. The summed E-state index contributed by atoms with van der Waals surface area (Å²) in [7, 11) is 1.91. The standard InChI is InChI=1S/C17H21N5O2.ClH/c1-10-14(23)19-12-9-11(5-6-13(12)22(10)2)15-20-16(21-24-15)17(18)7-3-4-8-17;/h5-6,9-10H,3-4,7-8,18H2,1-2H3,(H,19,23);1H. The summed E-state index contributed by atoms with van der Waals surface area (Å²) in [6.07, 6.45) is 3.95. The SMILES string of the molecule is CC1C(=O)Nc2cc(-c3nc(C4(N)CCCC4)no3)ccc2N1C.Cl. The van der Waals surface area contributed by atoms with E-state index in [-0.39, 0.29) is 24.4 Å². The van der Waals surface area contributed by atoms with E-state index >= 15 is 0 Å². The number of hydrogen-bond acceptors (Lipinski definition) is 6. The van der Waals surface area contributed by atoms with E-state index in [0.717, 1.165) is 42.6 Å². The molecule has 3 N–H and O–H groups in total. The highest BCUT2D eigenvalue weighted by atomic mass is 35.5. The third-order valence-electron chi connectivity index (χ3n) is 5.21. The van der Waals surface area contributed by atoms with Crippen molar-refractivity contribution < 1.29 is 9.32 Å². The highest BCUT2D eigenvalue weighted by Gasteiger charge is 2.36. The van der Waals surface area contributed by atoms with E-state index in [9.17, 15) is 4.79 Å². The zero-order chi connectivity index (χ0) is 16.9.